The molecule has 1 atom stereocenters. The van der Waals surface area contributed by atoms with Crippen LogP contribution in [0, 0.1) is 5.41 Å². The zero-order valence-corrected chi connectivity index (χ0v) is 11.5. The predicted octanol–water partition coefficient (Wildman–Crippen LogP) is 1.77. The largest absolute Gasteiger partial charge is 0.391 e. The van der Waals surface area contributed by atoms with E-state index < -0.39 is 21.7 Å². The van der Waals surface area contributed by atoms with E-state index in [1.54, 1.807) is 6.08 Å². The van der Waals surface area contributed by atoms with Crippen LogP contribution in [-0.2, 0) is 14.3 Å². The summed E-state index contributed by atoms with van der Waals surface area (Å²) in [6, 6.07) is 0. The minimum Gasteiger partial charge on any atom is -0.391 e. The normalized spacial score (nSPS) is 15.1. The zero-order valence-electron chi connectivity index (χ0n) is 9.88. The number of esters is 2. The molecule has 4 nitrogen and oxygen atoms in total. The van der Waals surface area contributed by atoms with Gasteiger partial charge in [-0.2, -0.15) is 0 Å². The van der Waals surface area contributed by atoms with Gasteiger partial charge in [-0.1, -0.05) is 42.8 Å². The molecule has 0 fully saturated rings. The number of ether oxygens (including phenoxy) is 1. The summed E-state index contributed by atoms with van der Waals surface area (Å²) in [7, 11) is 0. The fourth-order valence-corrected chi connectivity index (χ4v) is 1.43. The van der Waals surface area contributed by atoms with Crippen molar-refractivity contribution in [2.45, 2.75) is 31.5 Å². The number of allylic oxidation sites excluding steroid dienone is 1. The van der Waals surface area contributed by atoms with Gasteiger partial charge >= 0.3 is 11.9 Å². The summed E-state index contributed by atoms with van der Waals surface area (Å²) >= 11 is 3.35. The van der Waals surface area contributed by atoms with Crippen LogP contribution in [0.15, 0.2) is 12.7 Å². The van der Waals surface area contributed by atoms with Gasteiger partial charge in [-0.25, -0.2) is 0 Å². The minimum atomic E-state index is -0.966. The van der Waals surface area contributed by atoms with Crippen molar-refractivity contribution in [3.63, 3.8) is 0 Å². The van der Waals surface area contributed by atoms with Gasteiger partial charge in [0.15, 0.2) is 0 Å². The first kappa shape index (κ1) is 15.3. The number of carbonyl (C=O) groups is 2. The van der Waals surface area contributed by atoms with Crippen molar-refractivity contribution in [1.29, 1.82) is 0 Å². The summed E-state index contributed by atoms with van der Waals surface area (Å²) < 4.78 is 3.68. The molecule has 5 heteroatoms. The van der Waals surface area contributed by atoms with E-state index in [0.29, 0.717) is 6.42 Å². The van der Waals surface area contributed by atoms with E-state index in [-0.39, 0.29) is 6.54 Å². The maximum Gasteiger partial charge on any atom is 0.331 e. The molecule has 0 heterocycles. The average molecular weight is 292 g/mol. The highest BCUT2D eigenvalue weighted by Crippen LogP contribution is 2.42. The second kappa shape index (κ2) is 5.59. The molecule has 0 spiro atoms. The third-order valence-corrected chi connectivity index (χ3v) is 4.15. The molecule has 0 aromatic rings. The molecule has 92 valence electrons. The van der Waals surface area contributed by atoms with Crippen LogP contribution < -0.4 is 5.73 Å². The first-order valence-corrected chi connectivity index (χ1v) is 5.73. The smallest absolute Gasteiger partial charge is 0.331 e. The van der Waals surface area contributed by atoms with Crippen LogP contribution >= 0.6 is 15.9 Å². The molecule has 0 saturated carbocycles. The molecule has 0 aliphatic heterocycles. The number of halogens is 1. The summed E-state index contributed by atoms with van der Waals surface area (Å²) in [6.45, 7) is 8.90. The van der Waals surface area contributed by atoms with E-state index in [1.165, 1.54) is 0 Å². The van der Waals surface area contributed by atoms with Crippen molar-refractivity contribution < 1.29 is 14.3 Å². The van der Waals surface area contributed by atoms with Gasteiger partial charge in [0.05, 0.1) is 6.54 Å². The van der Waals surface area contributed by atoms with Crippen LogP contribution in [0.4, 0.5) is 0 Å². The Labute approximate surface area is 104 Å². The van der Waals surface area contributed by atoms with Crippen molar-refractivity contribution in [2.24, 2.45) is 11.1 Å². The lowest BCUT2D eigenvalue weighted by Crippen LogP contribution is -2.46. The zero-order chi connectivity index (χ0) is 13.0. The maximum absolute atomic E-state index is 11.9. The Morgan fingerprint density at radius 1 is 1.44 bits per heavy atom. The van der Waals surface area contributed by atoms with Gasteiger partial charge in [0.25, 0.3) is 0 Å². The Morgan fingerprint density at radius 2 is 1.94 bits per heavy atom. The topological polar surface area (TPSA) is 69.4 Å². The fourth-order valence-electron chi connectivity index (χ4n) is 1.12. The lowest BCUT2D eigenvalue weighted by molar-refractivity contribution is -0.162. The molecule has 0 aliphatic rings. The molecular formula is C11H18BrNO3. The van der Waals surface area contributed by atoms with Crippen LogP contribution in [0.1, 0.15) is 27.2 Å². The lowest BCUT2D eigenvalue weighted by Gasteiger charge is -2.36. The molecule has 16 heavy (non-hydrogen) atoms. The van der Waals surface area contributed by atoms with Gasteiger partial charge in [-0.15, -0.1) is 6.58 Å². The van der Waals surface area contributed by atoms with Gasteiger partial charge in [-0.05, 0) is 11.8 Å². The predicted molar refractivity (Wildman–Crippen MR) is 66.1 cm³/mol. The van der Waals surface area contributed by atoms with Crippen LogP contribution in [0.25, 0.3) is 0 Å². The number of alkyl halides is 1. The van der Waals surface area contributed by atoms with Crippen LogP contribution in [-0.4, -0.2) is 22.8 Å². The quantitative estimate of drug-likeness (QED) is 0.371. The first-order valence-electron chi connectivity index (χ1n) is 4.94. The SMILES string of the molecule is C=CCC(Br)(C(=O)OC(=O)CN)C(C)(C)C. The van der Waals surface area contributed by atoms with Crippen molar-refractivity contribution in [1.82, 2.24) is 0 Å². The molecule has 0 radical (unpaired) electrons. The summed E-state index contributed by atoms with van der Waals surface area (Å²) in [5.41, 5.74) is 4.67. The maximum atomic E-state index is 11.9. The van der Waals surface area contributed by atoms with Gasteiger partial charge in [-0.3, -0.25) is 9.59 Å². The molecule has 2 N–H and O–H groups in total. The van der Waals surface area contributed by atoms with Gasteiger partial charge < -0.3 is 10.5 Å². The second-order valence-electron chi connectivity index (χ2n) is 4.51. The lowest BCUT2D eigenvalue weighted by atomic mass is 9.78. The third-order valence-electron chi connectivity index (χ3n) is 2.31. The van der Waals surface area contributed by atoms with E-state index in [4.69, 9.17) is 5.73 Å². The van der Waals surface area contributed by atoms with Gasteiger partial charge in [0.2, 0.25) is 0 Å². The summed E-state index contributed by atoms with van der Waals surface area (Å²) in [6.07, 6.45) is 1.97. The Balaban J connectivity index is 4.99. The van der Waals surface area contributed by atoms with Crippen LogP contribution in [0.3, 0.4) is 0 Å². The second-order valence-corrected chi connectivity index (χ2v) is 5.86. The molecule has 0 aliphatic carbocycles. The van der Waals surface area contributed by atoms with Crippen molar-refractivity contribution in [2.75, 3.05) is 6.54 Å². The molecule has 1 unspecified atom stereocenters. The van der Waals surface area contributed by atoms with E-state index in [9.17, 15) is 9.59 Å². The highest BCUT2D eigenvalue weighted by atomic mass is 79.9. The summed E-state index contributed by atoms with van der Waals surface area (Å²) in [4.78, 5) is 22.9. The summed E-state index contributed by atoms with van der Waals surface area (Å²) in [5, 5.41) is 0. The van der Waals surface area contributed by atoms with Gasteiger partial charge in [0.1, 0.15) is 4.32 Å². The number of rotatable bonds is 4. The standard InChI is InChI=1S/C11H18BrNO3/c1-5-6-11(12,10(2,3)4)9(15)16-8(14)7-13/h5H,1,6-7,13H2,2-4H3. The molecule has 0 aromatic carbocycles. The Morgan fingerprint density at radius 3 is 2.25 bits per heavy atom. The average Bonchev–Trinajstić information content (AvgIpc) is 2.15. The Hall–Kier alpha value is -0.680. The fraction of sp³-hybridized carbons (Fsp3) is 0.636. The van der Waals surface area contributed by atoms with E-state index in [2.05, 4.69) is 27.2 Å². The minimum absolute atomic E-state index is 0.312. The van der Waals surface area contributed by atoms with Crippen molar-refractivity contribution in [3.8, 4) is 0 Å². The van der Waals surface area contributed by atoms with E-state index in [1.807, 2.05) is 20.8 Å². The van der Waals surface area contributed by atoms with Crippen molar-refractivity contribution >= 4 is 27.9 Å². The number of hydrogen-bond donors (Lipinski definition) is 1. The Bertz CT molecular complexity index is 296. The molecule has 0 amide bonds. The van der Waals surface area contributed by atoms with Gasteiger partial charge in [0, 0.05) is 0 Å². The number of nitrogens with two attached hydrogens (primary N) is 1. The van der Waals surface area contributed by atoms with Crippen LogP contribution in [0.2, 0.25) is 0 Å². The third kappa shape index (κ3) is 3.42. The highest BCUT2D eigenvalue weighted by Gasteiger charge is 2.47. The molecule has 0 rings (SSSR count). The molecule has 0 bridgehead atoms. The highest BCUT2D eigenvalue weighted by molar-refractivity contribution is 9.10. The van der Waals surface area contributed by atoms with E-state index >= 15 is 0 Å². The summed E-state index contributed by atoms with van der Waals surface area (Å²) in [5.74, 6) is -1.36. The van der Waals surface area contributed by atoms with Crippen molar-refractivity contribution in [3.05, 3.63) is 12.7 Å². The first-order chi connectivity index (χ1) is 7.19. The number of hydrogen-bond acceptors (Lipinski definition) is 4. The molecular weight excluding hydrogens is 274 g/mol. The number of carbonyl (C=O) groups excluding carboxylic acids is 2. The Kier molecular flexibility index (Phi) is 5.35. The molecule has 0 aromatic heterocycles. The molecule has 0 saturated heterocycles. The monoisotopic (exact) mass is 291 g/mol. The van der Waals surface area contributed by atoms with Crippen LogP contribution in [0.5, 0.6) is 0 Å². The van der Waals surface area contributed by atoms with E-state index in [0.717, 1.165) is 0 Å².